The molecule has 1 fully saturated rings. The van der Waals surface area contributed by atoms with Gasteiger partial charge in [0, 0.05) is 12.3 Å². The molecular weight excluding hydrogens is 464 g/mol. The van der Waals surface area contributed by atoms with Gasteiger partial charge in [-0.2, -0.15) is 24.4 Å². The van der Waals surface area contributed by atoms with E-state index in [1.807, 2.05) is 36.6 Å². The van der Waals surface area contributed by atoms with Crippen LogP contribution >= 0.6 is 24.4 Å². The van der Waals surface area contributed by atoms with Gasteiger partial charge in [-0.15, -0.1) is 0 Å². The average molecular weight is 497 g/mol. The van der Waals surface area contributed by atoms with E-state index in [2.05, 4.69) is 23.3 Å². The van der Waals surface area contributed by atoms with Crippen molar-refractivity contribution in [3.05, 3.63) is 35.9 Å². The summed E-state index contributed by atoms with van der Waals surface area (Å²) in [7, 11) is 0. The predicted octanol–water partition coefficient (Wildman–Crippen LogP) is 0.285. The molecule has 0 saturated carbocycles. The molecule has 0 bridgehead atoms. The van der Waals surface area contributed by atoms with Crippen molar-refractivity contribution in [1.29, 1.82) is 0 Å². The molecule has 2 rings (SSSR count). The number of hydrogen-bond donors (Lipinski definition) is 5. The number of nitrogens with zero attached hydrogens (tertiary/aromatic N) is 1. The van der Waals surface area contributed by atoms with Gasteiger partial charge in [0.1, 0.15) is 18.1 Å². The zero-order valence-corrected chi connectivity index (χ0v) is 20.3. The normalized spacial score (nSPS) is 18.3. The Labute approximate surface area is 203 Å². The van der Waals surface area contributed by atoms with E-state index in [0.29, 0.717) is 38.0 Å². The van der Waals surface area contributed by atoms with Crippen LogP contribution < -0.4 is 16.4 Å². The Morgan fingerprint density at radius 1 is 1.18 bits per heavy atom. The van der Waals surface area contributed by atoms with Gasteiger partial charge >= 0.3 is 5.97 Å². The first-order chi connectivity index (χ1) is 15.8. The molecule has 0 aliphatic carbocycles. The van der Waals surface area contributed by atoms with E-state index in [1.165, 1.54) is 16.7 Å². The van der Waals surface area contributed by atoms with Gasteiger partial charge in [0.2, 0.25) is 17.7 Å². The van der Waals surface area contributed by atoms with Crippen LogP contribution in [-0.2, 0) is 25.6 Å². The van der Waals surface area contributed by atoms with E-state index < -0.39 is 47.9 Å². The summed E-state index contributed by atoms with van der Waals surface area (Å²) in [5.41, 5.74) is 6.96. The molecule has 5 N–H and O–H groups in total. The lowest BCUT2D eigenvalue weighted by atomic mass is 10.1. The minimum Gasteiger partial charge on any atom is -0.480 e. The Kier molecular flexibility index (Phi) is 11.0. The van der Waals surface area contributed by atoms with Crippen LogP contribution in [0, 0.1) is 0 Å². The molecule has 182 valence electrons. The quantitative estimate of drug-likeness (QED) is 0.262. The third kappa shape index (κ3) is 7.94. The second-order valence-electron chi connectivity index (χ2n) is 7.91. The monoisotopic (exact) mass is 496 g/mol. The van der Waals surface area contributed by atoms with E-state index >= 15 is 0 Å². The molecule has 0 radical (unpaired) electrons. The third-order valence-electron chi connectivity index (χ3n) is 5.50. The fourth-order valence-electron chi connectivity index (χ4n) is 3.69. The lowest BCUT2D eigenvalue weighted by Crippen LogP contribution is -2.58. The summed E-state index contributed by atoms with van der Waals surface area (Å²) < 4.78 is 0. The highest BCUT2D eigenvalue weighted by molar-refractivity contribution is 7.98. The Hall–Kier alpha value is -2.24. The summed E-state index contributed by atoms with van der Waals surface area (Å²) in [4.78, 5) is 51.2. The van der Waals surface area contributed by atoms with Gasteiger partial charge in [0.25, 0.3) is 0 Å². The molecular formula is C22H32N4O5S2. The van der Waals surface area contributed by atoms with Crippen molar-refractivity contribution < 1.29 is 24.3 Å². The molecule has 11 heteroatoms. The SMILES string of the molecule is CSCCC(NC(=O)C(N)Cc1ccccc1)C(=O)NC(CS)C(=O)N1CCCC1C(=O)O. The van der Waals surface area contributed by atoms with Crippen LogP contribution in [0.2, 0.25) is 0 Å². The first-order valence-electron chi connectivity index (χ1n) is 10.8. The Bertz CT molecular complexity index is 826. The largest absolute Gasteiger partial charge is 0.480 e. The number of hydrogen-bond acceptors (Lipinski definition) is 7. The molecule has 0 spiro atoms. The van der Waals surface area contributed by atoms with Crippen LogP contribution in [0.4, 0.5) is 0 Å². The highest BCUT2D eigenvalue weighted by Crippen LogP contribution is 2.19. The van der Waals surface area contributed by atoms with Crippen LogP contribution in [-0.4, -0.2) is 82.2 Å². The topological polar surface area (TPSA) is 142 Å². The number of carbonyl (C=O) groups excluding carboxylic acids is 3. The molecule has 3 amide bonds. The molecule has 1 saturated heterocycles. The summed E-state index contributed by atoms with van der Waals surface area (Å²) in [6.45, 7) is 0.316. The van der Waals surface area contributed by atoms with E-state index in [4.69, 9.17) is 5.73 Å². The molecule has 4 atom stereocenters. The van der Waals surface area contributed by atoms with Gasteiger partial charge in [-0.1, -0.05) is 30.3 Å². The van der Waals surface area contributed by atoms with Crippen LogP contribution in [0.1, 0.15) is 24.8 Å². The Morgan fingerprint density at radius 3 is 2.45 bits per heavy atom. The molecule has 33 heavy (non-hydrogen) atoms. The number of nitrogens with one attached hydrogen (secondary N) is 2. The zero-order valence-electron chi connectivity index (χ0n) is 18.6. The minimum absolute atomic E-state index is 0.00409. The maximum absolute atomic E-state index is 13.0. The Morgan fingerprint density at radius 2 is 1.85 bits per heavy atom. The number of amides is 3. The number of carboxylic acid groups (broad SMARTS) is 1. The van der Waals surface area contributed by atoms with Gasteiger partial charge < -0.3 is 26.4 Å². The van der Waals surface area contributed by atoms with Gasteiger partial charge in [0.15, 0.2) is 0 Å². The van der Waals surface area contributed by atoms with Crippen molar-refractivity contribution in [1.82, 2.24) is 15.5 Å². The molecule has 1 aromatic carbocycles. The van der Waals surface area contributed by atoms with Crippen LogP contribution in [0.3, 0.4) is 0 Å². The van der Waals surface area contributed by atoms with E-state index in [9.17, 15) is 24.3 Å². The number of carboxylic acids is 1. The molecule has 9 nitrogen and oxygen atoms in total. The fourth-order valence-corrected chi connectivity index (χ4v) is 4.41. The maximum atomic E-state index is 13.0. The molecule has 4 unspecified atom stereocenters. The molecule has 1 aliphatic rings. The van der Waals surface area contributed by atoms with E-state index in [-0.39, 0.29) is 5.75 Å². The fraction of sp³-hybridized carbons (Fsp3) is 0.545. The highest BCUT2D eigenvalue weighted by Gasteiger charge is 2.38. The number of aliphatic carboxylic acids is 1. The number of benzene rings is 1. The second kappa shape index (κ2) is 13.5. The smallest absolute Gasteiger partial charge is 0.326 e. The Balaban J connectivity index is 2.03. The van der Waals surface area contributed by atoms with Gasteiger partial charge in [0.05, 0.1) is 6.04 Å². The summed E-state index contributed by atoms with van der Waals surface area (Å²) in [5, 5.41) is 14.7. The number of nitrogens with two attached hydrogens (primary N) is 1. The van der Waals surface area contributed by atoms with Crippen LogP contribution in [0.25, 0.3) is 0 Å². The molecule has 1 heterocycles. The molecule has 1 aromatic rings. The number of carbonyl (C=O) groups is 4. The molecule has 0 aromatic heterocycles. The predicted molar refractivity (Wildman–Crippen MR) is 131 cm³/mol. The second-order valence-corrected chi connectivity index (χ2v) is 9.26. The van der Waals surface area contributed by atoms with Gasteiger partial charge in [-0.3, -0.25) is 14.4 Å². The van der Waals surface area contributed by atoms with Crippen LogP contribution in [0.5, 0.6) is 0 Å². The number of likely N-dealkylation sites (tertiary alicyclic amines) is 1. The number of rotatable bonds is 12. The third-order valence-corrected chi connectivity index (χ3v) is 6.51. The summed E-state index contributed by atoms with van der Waals surface area (Å²) in [5.74, 6) is -1.92. The summed E-state index contributed by atoms with van der Waals surface area (Å²) in [6.07, 6.45) is 3.53. The maximum Gasteiger partial charge on any atom is 0.326 e. The van der Waals surface area contributed by atoms with Crippen molar-refractivity contribution in [2.75, 3.05) is 24.3 Å². The van der Waals surface area contributed by atoms with E-state index in [0.717, 1.165) is 5.56 Å². The first-order valence-corrected chi connectivity index (χ1v) is 12.8. The standard InChI is InChI=1S/C22H32N4O5S2/c1-33-11-9-16(24-19(27)15(23)12-14-6-3-2-4-7-14)20(28)25-17(13-32)21(29)26-10-5-8-18(26)22(30)31/h2-4,6-7,15-18,32H,5,8-13,23H2,1H3,(H,24,27)(H,25,28)(H,30,31). The van der Waals surface area contributed by atoms with E-state index in [1.54, 1.807) is 0 Å². The minimum atomic E-state index is -1.07. The van der Waals surface area contributed by atoms with Crippen molar-refractivity contribution >= 4 is 48.1 Å². The number of thiol groups is 1. The molecule has 1 aliphatic heterocycles. The van der Waals surface area contributed by atoms with Gasteiger partial charge in [-0.25, -0.2) is 4.79 Å². The van der Waals surface area contributed by atoms with Crippen LogP contribution in [0.15, 0.2) is 30.3 Å². The van der Waals surface area contributed by atoms with Crippen molar-refractivity contribution in [2.24, 2.45) is 5.73 Å². The number of thioether (sulfide) groups is 1. The van der Waals surface area contributed by atoms with Gasteiger partial charge in [-0.05, 0) is 43.3 Å². The first kappa shape index (κ1) is 27.0. The zero-order chi connectivity index (χ0) is 24.4. The van der Waals surface area contributed by atoms with Crippen molar-refractivity contribution in [2.45, 2.75) is 49.9 Å². The summed E-state index contributed by atoms with van der Waals surface area (Å²) in [6, 6.07) is 5.73. The summed E-state index contributed by atoms with van der Waals surface area (Å²) >= 11 is 5.70. The lowest BCUT2D eigenvalue weighted by Gasteiger charge is -2.28. The van der Waals surface area contributed by atoms with Crippen molar-refractivity contribution in [3.63, 3.8) is 0 Å². The average Bonchev–Trinajstić information content (AvgIpc) is 3.30. The highest BCUT2D eigenvalue weighted by atomic mass is 32.2. The lowest BCUT2D eigenvalue weighted by molar-refractivity contribution is -0.149. The van der Waals surface area contributed by atoms with Crippen molar-refractivity contribution in [3.8, 4) is 0 Å².